The molecule has 10 heteroatoms. The molecule has 666 valence electrons. The molecule has 0 atom stereocenters. The molecule has 0 saturated heterocycles. The van der Waals surface area contributed by atoms with Gasteiger partial charge in [-0.05, 0) is 305 Å². The lowest BCUT2D eigenvalue weighted by Crippen LogP contribution is -2.60. The van der Waals surface area contributed by atoms with E-state index >= 15 is 0 Å². The van der Waals surface area contributed by atoms with Gasteiger partial charge >= 0.3 is 0 Å². The van der Waals surface area contributed by atoms with Crippen molar-refractivity contribution in [1.82, 2.24) is 9.13 Å². The normalized spacial score (nSPS) is 14.7. The fraction of sp³-hybridized carbons (Fsp3) is 0.248. The summed E-state index contributed by atoms with van der Waals surface area (Å²) in [7, 11) is 0. The molecule has 8 heterocycles. The second-order valence-electron chi connectivity index (χ2n) is 46.0. The summed E-state index contributed by atoms with van der Waals surface area (Å²) in [5.74, 6) is 0. The topological polar surface area (TPSA) is 22.8 Å². The highest BCUT2D eigenvalue weighted by Gasteiger charge is 2.48. The number of rotatable bonds is 12. The van der Waals surface area contributed by atoms with Gasteiger partial charge in [0, 0.05) is 110 Å². The summed E-state index contributed by atoms with van der Waals surface area (Å²) < 4.78 is 10.7. The van der Waals surface area contributed by atoms with Crippen molar-refractivity contribution in [2.24, 2.45) is 0 Å². The van der Waals surface area contributed by atoms with E-state index < -0.39 is 0 Å². The van der Waals surface area contributed by atoms with E-state index in [-0.39, 0.29) is 51.3 Å². The van der Waals surface area contributed by atoms with Crippen LogP contribution in [0.1, 0.15) is 199 Å². The molecule has 0 amide bonds. The predicted molar refractivity (Wildman–Crippen MR) is 587 cm³/mol. The van der Waals surface area contributed by atoms with Crippen LogP contribution in [0.25, 0.3) is 84.9 Å². The van der Waals surface area contributed by atoms with Crippen LogP contribution in [0.5, 0.6) is 0 Å². The molecule has 19 aromatic rings. The minimum absolute atomic E-state index is 0.00804. The molecule has 0 radical (unpaired) electrons. The van der Waals surface area contributed by atoms with Crippen LogP contribution < -0.4 is 52.4 Å². The second kappa shape index (κ2) is 29.8. The first kappa shape index (κ1) is 85.1. The fourth-order valence-electron chi connectivity index (χ4n) is 23.9. The van der Waals surface area contributed by atoms with Crippen LogP contribution in [0.15, 0.2) is 297 Å². The van der Waals surface area contributed by atoms with Gasteiger partial charge in [0.15, 0.2) is 0 Å². The molecule has 1 aliphatic carbocycles. The van der Waals surface area contributed by atoms with Gasteiger partial charge in [-0.3, -0.25) is 0 Å². The Labute approximate surface area is 805 Å². The van der Waals surface area contributed by atoms with E-state index in [2.05, 4.69) is 471 Å². The molecule has 5 aliphatic rings. The Bertz CT molecular complexity index is 8130. The lowest BCUT2D eigenvalue weighted by Gasteiger charge is -2.45. The summed E-state index contributed by atoms with van der Waals surface area (Å²) in [6.45, 7) is 49.6. The molecular weight excluding hydrogens is 1670 g/mol. The zero-order chi connectivity index (χ0) is 93.3. The third-order valence-corrected chi connectivity index (χ3v) is 33.7. The Hall–Kier alpha value is -12.9. The Morgan fingerprint density at radius 2 is 0.689 bits per heavy atom. The van der Waals surface area contributed by atoms with E-state index in [1.54, 1.807) is 0 Å². The molecule has 0 spiro atoms. The van der Waals surface area contributed by atoms with E-state index in [1.807, 2.05) is 22.7 Å². The molecule has 0 N–H and O–H groups in total. The monoisotopic (exact) mass is 1790 g/mol. The molecule has 0 fully saturated rings. The maximum Gasteiger partial charge on any atom is 0.252 e. The highest BCUT2D eigenvalue weighted by molar-refractivity contribution is 7.27. The van der Waals surface area contributed by atoms with E-state index in [1.165, 1.54) is 207 Å². The molecule has 4 aliphatic heterocycles. The molecule has 4 aromatic heterocycles. The quantitative estimate of drug-likeness (QED) is 0.114. The first-order chi connectivity index (χ1) is 64.4. The van der Waals surface area contributed by atoms with Crippen LogP contribution in [-0.4, -0.2) is 22.6 Å². The van der Waals surface area contributed by atoms with Gasteiger partial charge in [-0.1, -0.05) is 294 Å². The van der Waals surface area contributed by atoms with Crippen LogP contribution in [0.3, 0.4) is 0 Å². The number of hydrogen-bond acceptors (Lipinski definition) is 6. The van der Waals surface area contributed by atoms with Gasteiger partial charge in [-0.2, -0.15) is 0 Å². The number of nitrogens with zero attached hydrogens (tertiary/aromatic N) is 6. The van der Waals surface area contributed by atoms with Gasteiger partial charge in [0.05, 0.1) is 37.2 Å². The minimum atomic E-state index is -0.257. The van der Waals surface area contributed by atoms with Crippen molar-refractivity contribution in [2.45, 2.75) is 203 Å². The van der Waals surface area contributed by atoms with Crippen LogP contribution >= 0.6 is 22.7 Å². The lowest BCUT2D eigenvalue weighted by atomic mass is 9.33. The van der Waals surface area contributed by atoms with Crippen molar-refractivity contribution in [3.63, 3.8) is 0 Å². The smallest absolute Gasteiger partial charge is 0.252 e. The van der Waals surface area contributed by atoms with Crippen LogP contribution in [-0.2, 0) is 44.3 Å². The van der Waals surface area contributed by atoms with Crippen molar-refractivity contribution in [2.75, 3.05) is 19.6 Å². The van der Waals surface area contributed by atoms with Crippen LogP contribution in [0, 0.1) is 20.8 Å². The van der Waals surface area contributed by atoms with Crippen molar-refractivity contribution < 1.29 is 0 Å². The maximum absolute atomic E-state index is 2.71. The van der Waals surface area contributed by atoms with Gasteiger partial charge in [-0.15, -0.1) is 22.7 Å². The molecule has 0 bridgehead atoms. The molecule has 24 rings (SSSR count). The molecule has 135 heavy (non-hydrogen) atoms. The number of benzene rings is 15. The van der Waals surface area contributed by atoms with Gasteiger partial charge in [-0.25, -0.2) is 0 Å². The first-order valence-electron chi connectivity index (χ1n) is 48.9. The van der Waals surface area contributed by atoms with E-state index in [0.29, 0.717) is 0 Å². The first-order valence-corrected chi connectivity index (χ1v) is 50.5. The van der Waals surface area contributed by atoms with Crippen LogP contribution in [0.4, 0.5) is 68.2 Å². The summed E-state index contributed by atoms with van der Waals surface area (Å²) in [5.41, 5.74) is 46.2. The van der Waals surface area contributed by atoms with Gasteiger partial charge < -0.3 is 28.7 Å². The van der Waals surface area contributed by atoms with E-state index in [4.69, 9.17) is 0 Å². The number of hydrogen-bond donors (Lipinski definition) is 0. The fourth-order valence-corrected chi connectivity index (χ4v) is 26.3. The number of thiophene rings is 2. The summed E-state index contributed by atoms with van der Waals surface area (Å²) >= 11 is 3.87. The Kier molecular flexibility index (Phi) is 18.8. The standard InChI is InChI=1S/C125H118B2N6S2/c1-74-64-105-111-107(66-74)132-113-92(117-115(132)90-28-22-24-34-109(90)134-117)30-26-32-99(113)126(111)97-59-57-88(128(84-49-40-79(41-50-84)119(4,5)6)85-51-42-80(43-52-85)120(7,8)9)70-103(97)130(105)101-61-48-83(122(13,14)15)69-94(101)78-38-36-77(37-39-78)73-125(20,21)82-46-55-87(56-47-82)129(86-53-44-81(45-54-86)121(10,11)12)89-58-60-98-104(71-89)131(102-72-96-95(68-76(102)3)123(16,17)62-63-124(96,18)19)106-65-75(2)67-108-112(106)127(98)100-33-27-31-93-114(100)133(108)116-91-29-23-25-35-110(91)135-118(93)116/h22-61,64-72H,62-63,73H2,1-21H3. The summed E-state index contributed by atoms with van der Waals surface area (Å²) in [6, 6.07) is 117. The Morgan fingerprint density at radius 1 is 0.311 bits per heavy atom. The third-order valence-electron chi connectivity index (χ3n) is 31.3. The average molecular weight is 1790 g/mol. The number of anilines is 12. The lowest BCUT2D eigenvalue weighted by molar-refractivity contribution is 0.332. The number of para-hydroxylation sites is 2. The summed E-state index contributed by atoms with van der Waals surface area (Å²) in [6.07, 6.45) is 3.13. The van der Waals surface area contributed by atoms with Crippen LogP contribution in [0.2, 0.25) is 0 Å². The van der Waals surface area contributed by atoms with E-state index in [9.17, 15) is 0 Å². The molecule has 6 nitrogen and oxygen atoms in total. The zero-order valence-electron chi connectivity index (χ0n) is 82.1. The van der Waals surface area contributed by atoms with E-state index in [0.717, 1.165) is 59.1 Å². The predicted octanol–water partition coefficient (Wildman–Crippen LogP) is 31.1. The Morgan fingerprint density at radius 3 is 1.12 bits per heavy atom. The number of aryl methyl sites for hydroxylation is 3. The molecular formula is C125H118B2N6S2. The maximum atomic E-state index is 2.71. The highest BCUT2D eigenvalue weighted by atomic mass is 32.1. The number of fused-ring (bicyclic) bond motifs is 19. The highest BCUT2D eigenvalue weighted by Crippen LogP contribution is 2.56. The minimum Gasteiger partial charge on any atom is -0.311 e. The summed E-state index contributed by atoms with van der Waals surface area (Å²) in [5, 5.41) is 5.27. The average Bonchev–Trinajstić information content (AvgIpc) is 1.58. The van der Waals surface area contributed by atoms with Gasteiger partial charge in [0.1, 0.15) is 0 Å². The number of aromatic nitrogens is 2. The third kappa shape index (κ3) is 13.3. The SMILES string of the molecule is Cc1cc2c3c(c1)-n1c4c(cccc4c4sc5ccccc5c41)B3c1ccc(N(c3ccc(C(C)(C)C)cc3)c3ccc(C(C)(C)Cc4ccc(-c5cc(C(C)(C)C)ccc5N5c6cc(N(c7ccc(C(C)(C)C)cc7)c7ccc(C(C)(C)C)cc7)ccc6B6c7c5cc(C)cc7-n5c7c6cccc7c6sc7ccccc7c65)cc4)cc3)cc1N2c1cc2c(cc1C)C(C)(C)CCC2(C)C. The Balaban J connectivity index is 0.628. The second-order valence-corrected chi connectivity index (χ2v) is 48.1. The van der Waals surface area contributed by atoms with Crippen molar-refractivity contribution >= 4 is 200 Å². The largest absolute Gasteiger partial charge is 0.311 e. The van der Waals surface area contributed by atoms with Crippen molar-refractivity contribution in [3.8, 4) is 22.5 Å². The molecule has 15 aromatic carbocycles. The van der Waals surface area contributed by atoms with Gasteiger partial charge in [0.25, 0.3) is 13.4 Å². The summed E-state index contributed by atoms with van der Waals surface area (Å²) in [4.78, 5) is 10.4. The molecule has 0 saturated carbocycles. The van der Waals surface area contributed by atoms with Gasteiger partial charge in [0.2, 0.25) is 0 Å². The van der Waals surface area contributed by atoms with Crippen molar-refractivity contribution in [1.29, 1.82) is 0 Å². The van der Waals surface area contributed by atoms with Crippen molar-refractivity contribution in [3.05, 3.63) is 358 Å². The molecule has 0 unspecified atom stereocenters. The zero-order valence-corrected chi connectivity index (χ0v) is 83.7.